The van der Waals surface area contributed by atoms with Crippen molar-refractivity contribution in [1.29, 1.82) is 0 Å². The molecular weight excluding hydrogens is 344 g/mol. The summed E-state index contributed by atoms with van der Waals surface area (Å²) in [6.45, 7) is 7.34. The predicted octanol–water partition coefficient (Wildman–Crippen LogP) is 4.31. The minimum Gasteiger partial charge on any atom is -0.433 e. The minimum absolute atomic E-state index is 0.0236. The number of hydrogen-bond donors (Lipinski definition) is 1. The summed E-state index contributed by atoms with van der Waals surface area (Å²) in [5.74, 6) is 2.96. The Morgan fingerprint density at radius 1 is 1.44 bits per heavy atom. The van der Waals surface area contributed by atoms with E-state index in [9.17, 15) is 14.9 Å². The minimum atomic E-state index is -0.503. The number of carbonyl (C=O) groups is 1. The van der Waals surface area contributed by atoms with E-state index in [-0.39, 0.29) is 5.70 Å². The smallest absolute Gasteiger partial charge is 0.298 e. The van der Waals surface area contributed by atoms with Gasteiger partial charge in [-0.15, -0.1) is 12.3 Å². The molecule has 148 valence electrons. The lowest BCUT2D eigenvalue weighted by atomic mass is 10.2. The fourth-order valence-electron chi connectivity index (χ4n) is 1.81. The van der Waals surface area contributed by atoms with Crippen molar-refractivity contribution in [3.63, 3.8) is 0 Å². The van der Waals surface area contributed by atoms with Gasteiger partial charge in [-0.1, -0.05) is 45.1 Å². The van der Waals surface area contributed by atoms with Crippen molar-refractivity contribution < 1.29 is 14.5 Å². The molecule has 0 amide bonds. The van der Waals surface area contributed by atoms with Crippen LogP contribution in [0, 0.1) is 22.5 Å². The molecule has 0 atom stereocenters. The highest BCUT2D eigenvalue weighted by molar-refractivity contribution is 5.41. The van der Waals surface area contributed by atoms with Gasteiger partial charge in [-0.3, -0.25) is 14.9 Å². The van der Waals surface area contributed by atoms with E-state index in [0.717, 1.165) is 13.0 Å². The average Bonchev–Trinajstić information content (AvgIpc) is 2.91. The van der Waals surface area contributed by atoms with Crippen molar-refractivity contribution in [1.82, 2.24) is 5.32 Å². The molecular formula is C21H30N2O4. The Bertz CT molecular complexity index is 621. The Morgan fingerprint density at radius 2 is 2.15 bits per heavy atom. The third kappa shape index (κ3) is 15.1. The molecule has 0 saturated heterocycles. The Hall–Kier alpha value is -2.91. The first-order chi connectivity index (χ1) is 13.1. The van der Waals surface area contributed by atoms with E-state index >= 15 is 0 Å². The van der Waals surface area contributed by atoms with Crippen LogP contribution in [0.2, 0.25) is 0 Å². The monoisotopic (exact) mass is 374 g/mol. The number of likely N-dealkylation sites (N-methyl/N-ethyl adjacent to an activating group) is 1. The van der Waals surface area contributed by atoms with Crippen LogP contribution in [0.15, 0.2) is 59.6 Å². The van der Waals surface area contributed by atoms with E-state index in [2.05, 4.69) is 35.0 Å². The van der Waals surface area contributed by atoms with E-state index in [1.54, 1.807) is 6.08 Å². The van der Waals surface area contributed by atoms with Crippen molar-refractivity contribution in [2.45, 2.75) is 40.0 Å². The van der Waals surface area contributed by atoms with Crippen LogP contribution in [0.1, 0.15) is 40.0 Å². The Labute approximate surface area is 162 Å². The molecule has 0 aromatic heterocycles. The second-order valence-electron chi connectivity index (χ2n) is 4.83. The van der Waals surface area contributed by atoms with Gasteiger partial charge in [-0.2, -0.15) is 0 Å². The van der Waals surface area contributed by atoms with Crippen molar-refractivity contribution in [2.75, 3.05) is 13.6 Å². The molecule has 0 aromatic carbocycles. The number of hydrogen-bond acceptors (Lipinski definition) is 5. The molecule has 27 heavy (non-hydrogen) atoms. The summed E-state index contributed by atoms with van der Waals surface area (Å²) in [6, 6.07) is 0. The normalized spacial score (nSPS) is 12.9. The second kappa shape index (κ2) is 19.4. The van der Waals surface area contributed by atoms with Crippen LogP contribution in [-0.4, -0.2) is 25.0 Å². The predicted molar refractivity (Wildman–Crippen MR) is 110 cm³/mol. The molecule has 0 bridgehead atoms. The van der Waals surface area contributed by atoms with E-state index in [1.807, 2.05) is 27.0 Å². The van der Waals surface area contributed by atoms with Gasteiger partial charge >= 0.3 is 0 Å². The maximum Gasteiger partial charge on any atom is 0.298 e. The number of nitrogens with zero attached hydrogens (tertiary/aromatic N) is 1. The molecule has 0 spiro atoms. The molecule has 0 aromatic rings. The Morgan fingerprint density at radius 3 is 2.67 bits per heavy atom. The van der Waals surface area contributed by atoms with Gasteiger partial charge in [-0.25, -0.2) is 0 Å². The zero-order chi connectivity index (χ0) is 20.9. The largest absolute Gasteiger partial charge is 0.433 e. The Kier molecular flexibility index (Phi) is 18.9. The fraction of sp³-hybridized carbons (Fsp3) is 0.381. The molecule has 1 aliphatic carbocycles. The van der Waals surface area contributed by atoms with Crippen molar-refractivity contribution >= 4 is 6.47 Å². The first-order valence-corrected chi connectivity index (χ1v) is 8.84. The number of terminal acetylenes is 1. The van der Waals surface area contributed by atoms with E-state index in [4.69, 9.17) is 6.42 Å². The highest BCUT2D eigenvalue weighted by Crippen LogP contribution is 2.11. The molecule has 0 radical (unpaired) electrons. The molecule has 1 rings (SSSR count). The van der Waals surface area contributed by atoms with Gasteiger partial charge in [0, 0.05) is 31.5 Å². The van der Waals surface area contributed by atoms with Gasteiger partial charge in [-0.05, 0) is 25.1 Å². The summed E-state index contributed by atoms with van der Waals surface area (Å²) in [4.78, 5) is 19.8. The van der Waals surface area contributed by atoms with Crippen LogP contribution in [0.3, 0.4) is 0 Å². The molecule has 6 heteroatoms. The third-order valence-corrected chi connectivity index (χ3v) is 2.87. The summed E-state index contributed by atoms with van der Waals surface area (Å²) in [7, 11) is 1.94. The number of nitro groups is 1. The SMILES string of the molecule is C#CC/C=C\C(=C/CC)CNC.CC.O=COC1=CC=C([N+](=O)[O-])C=CC1. The summed E-state index contributed by atoms with van der Waals surface area (Å²) in [5, 5.41) is 13.4. The van der Waals surface area contributed by atoms with Gasteiger partial charge in [0.15, 0.2) is 0 Å². The van der Waals surface area contributed by atoms with Crippen LogP contribution < -0.4 is 5.32 Å². The van der Waals surface area contributed by atoms with Crippen LogP contribution in [0.25, 0.3) is 0 Å². The quantitative estimate of drug-likeness (QED) is 0.225. The highest BCUT2D eigenvalue weighted by Gasteiger charge is 2.07. The number of allylic oxidation sites excluding steroid dienone is 6. The topological polar surface area (TPSA) is 81.5 Å². The molecule has 6 nitrogen and oxygen atoms in total. The van der Waals surface area contributed by atoms with Crippen LogP contribution in [-0.2, 0) is 9.53 Å². The first kappa shape index (κ1) is 26.3. The van der Waals surface area contributed by atoms with Crippen molar-refractivity contribution in [2.24, 2.45) is 0 Å². The van der Waals surface area contributed by atoms with Gasteiger partial charge in [0.2, 0.25) is 0 Å². The van der Waals surface area contributed by atoms with Crippen LogP contribution in [0.4, 0.5) is 0 Å². The van der Waals surface area contributed by atoms with Gasteiger partial charge in [0.25, 0.3) is 12.2 Å². The number of rotatable bonds is 8. The molecule has 0 heterocycles. The van der Waals surface area contributed by atoms with Crippen LogP contribution in [0.5, 0.6) is 0 Å². The zero-order valence-corrected chi connectivity index (χ0v) is 16.6. The number of nitrogens with one attached hydrogen (secondary N) is 1. The lowest BCUT2D eigenvalue weighted by Gasteiger charge is -1.99. The summed E-state index contributed by atoms with van der Waals surface area (Å²) in [6.07, 6.45) is 19.2. The van der Waals surface area contributed by atoms with Crippen molar-refractivity contribution in [3.8, 4) is 12.3 Å². The average molecular weight is 374 g/mol. The van der Waals surface area contributed by atoms with Gasteiger partial charge in [0.05, 0.1) is 4.92 Å². The lowest BCUT2D eigenvalue weighted by molar-refractivity contribution is -0.419. The van der Waals surface area contributed by atoms with Gasteiger partial charge < -0.3 is 10.1 Å². The van der Waals surface area contributed by atoms with E-state index in [1.165, 1.54) is 23.8 Å². The standard InChI is InChI=1S/C11H17N.C8H7NO4.C2H6/c1-4-6-7-9-11(8-5-2)10-12-3;10-6-13-8-3-1-2-7(4-5-8)9(11)12;1-2/h1,7-9,12H,5-6,10H2,2-3H3;1-2,4-6H,3H2;1-2H3/b9-7-,11-8+;;. The summed E-state index contributed by atoms with van der Waals surface area (Å²) < 4.78 is 4.55. The van der Waals surface area contributed by atoms with E-state index in [0.29, 0.717) is 25.1 Å². The highest BCUT2D eigenvalue weighted by atomic mass is 16.6. The van der Waals surface area contributed by atoms with Gasteiger partial charge in [0.1, 0.15) is 5.76 Å². The molecule has 0 aliphatic heterocycles. The zero-order valence-electron chi connectivity index (χ0n) is 16.6. The third-order valence-electron chi connectivity index (χ3n) is 2.87. The first-order valence-electron chi connectivity index (χ1n) is 8.84. The van der Waals surface area contributed by atoms with E-state index < -0.39 is 4.92 Å². The fourth-order valence-corrected chi connectivity index (χ4v) is 1.81. The maximum atomic E-state index is 10.3. The number of ether oxygens (including phenoxy) is 1. The molecule has 0 saturated carbocycles. The summed E-state index contributed by atoms with van der Waals surface area (Å²) >= 11 is 0. The number of carbonyl (C=O) groups excluding carboxylic acids is 1. The van der Waals surface area contributed by atoms with Crippen molar-refractivity contribution in [3.05, 3.63) is 69.7 Å². The molecule has 1 aliphatic rings. The summed E-state index contributed by atoms with van der Waals surface area (Å²) in [5.41, 5.74) is 1.28. The lowest BCUT2D eigenvalue weighted by Crippen LogP contribution is -2.09. The van der Waals surface area contributed by atoms with Crippen LogP contribution >= 0.6 is 0 Å². The Balaban J connectivity index is 0. The maximum absolute atomic E-state index is 10.3. The second-order valence-corrected chi connectivity index (χ2v) is 4.83. The molecule has 0 unspecified atom stereocenters. The molecule has 0 fully saturated rings. The molecule has 1 N–H and O–H groups in total.